The summed E-state index contributed by atoms with van der Waals surface area (Å²) in [5, 5.41) is 10.6. The average Bonchev–Trinajstić information content (AvgIpc) is 3.01. The molecule has 0 unspecified atom stereocenters. The van der Waals surface area contributed by atoms with E-state index in [1.54, 1.807) is 11.3 Å². The number of benzene rings is 1. The predicted octanol–water partition coefficient (Wildman–Crippen LogP) is 4.26. The van der Waals surface area contributed by atoms with Crippen LogP contribution >= 0.6 is 11.3 Å². The summed E-state index contributed by atoms with van der Waals surface area (Å²) in [6.07, 6.45) is 5.66. The van der Waals surface area contributed by atoms with Crippen molar-refractivity contribution >= 4 is 17.3 Å². The van der Waals surface area contributed by atoms with Crippen LogP contribution in [0.5, 0.6) is 0 Å². The quantitative estimate of drug-likeness (QED) is 0.512. The molecular weight excluding hydrogens is 296 g/mol. The minimum Gasteiger partial charge on any atom is -0.466 e. The number of hydrogen-bond acceptors (Lipinski definition) is 5. The first-order chi connectivity index (χ1) is 10.8. The van der Waals surface area contributed by atoms with Gasteiger partial charge in [0.2, 0.25) is 0 Å². The molecular formula is C17H22N2O2S. The molecule has 0 bridgehead atoms. The van der Waals surface area contributed by atoms with Gasteiger partial charge >= 0.3 is 5.97 Å². The first-order valence-electron chi connectivity index (χ1n) is 7.83. The fourth-order valence-electron chi connectivity index (χ4n) is 2.18. The molecule has 0 N–H and O–H groups in total. The summed E-state index contributed by atoms with van der Waals surface area (Å²) < 4.78 is 4.91. The van der Waals surface area contributed by atoms with Gasteiger partial charge in [0.05, 0.1) is 6.61 Å². The predicted molar refractivity (Wildman–Crippen MR) is 88.8 cm³/mol. The maximum absolute atomic E-state index is 11.2. The lowest BCUT2D eigenvalue weighted by molar-refractivity contribution is -0.143. The van der Waals surface area contributed by atoms with E-state index >= 15 is 0 Å². The number of carbonyl (C=O) groups is 1. The second-order valence-electron chi connectivity index (χ2n) is 5.09. The van der Waals surface area contributed by atoms with Crippen LogP contribution in [0, 0.1) is 0 Å². The molecule has 0 atom stereocenters. The first kappa shape index (κ1) is 16.6. The molecule has 0 radical (unpaired) electrons. The number of nitrogens with zero attached hydrogens (tertiary/aromatic N) is 2. The van der Waals surface area contributed by atoms with Gasteiger partial charge in [0.25, 0.3) is 0 Å². The largest absolute Gasteiger partial charge is 0.466 e. The van der Waals surface area contributed by atoms with Crippen LogP contribution in [0.25, 0.3) is 10.6 Å². The number of ether oxygens (including phenoxy) is 1. The molecule has 0 amide bonds. The Morgan fingerprint density at radius 2 is 1.86 bits per heavy atom. The van der Waals surface area contributed by atoms with Gasteiger partial charge in [-0.2, -0.15) is 0 Å². The van der Waals surface area contributed by atoms with E-state index in [9.17, 15) is 4.79 Å². The highest BCUT2D eigenvalue weighted by Crippen LogP contribution is 2.24. The summed E-state index contributed by atoms with van der Waals surface area (Å²) in [4.78, 5) is 11.2. The van der Waals surface area contributed by atoms with Crippen molar-refractivity contribution in [2.75, 3.05) is 6.61 Å². The molecule has 2 rings (SSSR count). The van der Waals surface area contributed by atoms with Crippen LogP contribution in [0.4, 0.5) is 0 Å². The molecule has 118 valence electrons. The van der Waals surface area contributed by atoms with Crippen LogP contribution < -0.4 is 0 Å². The Labute approximate surface area is 135 Å². The van der Waals surface area contributed by atoms with Crippen molar-refractivity contribution in [2.45, 2.75) is 45.4 Å². The smallest absolute Gasteiger partial charge is 0.305 e. The van der Waals surface area contributed by atoms with E-state index < -0.39 is 0 Å². The molecule has 1 aromatic carbocycles. The van der Waals surface area contributed by atoms with E-state index in [2.05, 4.69) is 22.3 Å². The van der Waals surface area contributed by atoms with Crippen molar-refractivity contribution in [1.29, 1.82) is 0 Å². The van der Waals surface area contributed by atoms with E-state index in [0.717, 1.165) is 47.7 Å². The topological polar surface area (TPSA) is 52.1 Å². The lowest BCUT2D eigenvalue weighted by Crippen LogP contribution is -2.03. The second kappa shape index (κ2) is 9.30. The van der Waals surface area contributed by atoms with Gasteiger partial charge in [0.15, 0.2) is 0 Å². The molecule has 5 heteroatoms. The van der Waals surface area contributed by atoms with E-state index in [0.29, 0.717) is 13.0 Å². The Morgan fingerprint density at radius 3 is 2.64 bits per heavy atom. The van der Waals surface area contributed by atoms with Gasteiger partial charge in [-0.1, -0.05) is 54.5 Å². The summed E-state index contributed by atoms with van der Waals surface area (Å²) in [5.74, 6) is -0.0841. The molecule has 1 heterocycles. The summed E-state index contributed by atoms with van der Waals surface area (Å²) in [7, 11) is 0. The molecule has 0 aliphatic carbocycles. The van der Waals surface area contributed by atoms with Gasteiger partial charge in [-0.15, -0.1) is 10.2 Å². The van der Waals surface area contributed by atoms with Crippen LogP contribution in [-0.2, 0) is 16.0 Å². The zero-order chi connectivity index (χ0) is 15.6. The van der Waals surface area contributed by atoms with Gasteiger partial charge < -0.3 is 4.74 Å². The fourth-order valence-corrected chi connectivity index (χ4v) is 3.07. The third kappa shape index (κ3) is 5.56. The first-order valence-corrected chi connectivity index (χ1v) is 8.64. The van der Waals surface area contributed by atoms with Crippen LogP contribution in [0.2, 0.25) is 0 Å². The average molecular weight is 318 g/mol. The Morgan fingerprint density at radius 1 is 1.09 bits per heavy atom. The molecule has 22 heavy (non-hydrogen) atoms. The lowest BCUT2D eigenvalue weighted by atomic mass is 10.1. The van der Waals surface area contributed by atoms with Crippen molar-refractivity contribution in [3.05, 3.63) is 35.3 Å². The van der Waals surface area contributed by atoms with Gasteiger partial charge in [-0.25, -0.2) is 0 Å². The number of esters is 1. The SMILES string of the molecule is CCOC(=O)CCCCCCc1nnc(-c2ccccc2)s1. The van der Waals surface area contributed by atoms with Gasteiger partial charge in [0.1, 0.15) is 10.0 Å². The number of unbranched alkanes of at least 4 members (excludes halogenated alkanes) is 3. The van der Waals surface area contributed by atoms with Crippen molar-refractivity contribution < 1.29 is 9.53 Å². The summed E-state index contributed by atoms with van der Waals surface area (Å²) in [6, 6.07) is 10.1. The molecule has 4 nitrogen and oxygen atoms in total. The molecule has 2 aromatic rings. The van der Waals surface area contributed by atoms with Gasteiger partial charge in [0, 0.05) is 18.4 Å². The van der Waals surface area contributed by atoms with Crippen molar-refractivity contribution in [2.24, 2.45) is 0 Å². The fraction of sp³-hybridized carbons (Fsp3) is 0.471. The highest BCUT2D eigenvalue weighted by atomic mass is 32.1. The third-order valence-corrected chi connectivity index (χ3v) is 4.35. The van der Waals surface area contributed by atoms with Crippen molar-refractivity contribution in [1.82, 2.24) is 10.2 Å². The monoisotopic (exact) mass is 318 g/mol. The summed E-state index contributed by atoms with van der Waals surface area (Å²) in [6.45, 7) is 2.31. The van der Waals surface area contributed by atoms with Crippen LogP contribution in [0.3, 0.4) is 0 Å². The molecule has 0 aliphatic heterocycles. The molecule has 0 saturated carbocycles. The standard InChI is InChI=1S/C17H22N2O2S/c1-2-21-16(20)13-9-4-3-8-12-15-18-19-17(22-15)14-10-6-5-7-11-14/h5-7,10-11H,2-4,8-9,12-13H2,1H3. The Bertz CT molecular complexity index is 569. The number of hydrogen-bond donors (Lipinski definition) is 0. The highest BCUT2D eigenvalue weighted by Gasteiger charge is 2.06. The van der Waals surface area contributed by atoms with E-state index in [1.165, 1.54) is 0 Å². The number of carbonyl (C=O) groups excluding carboxylic acids is 1. The Kier molecular flexibility index (Phi) is 7.03. The summed E-state index contributed by atoms with van der Waals surface area (Å²) in [5.41, 5.74) is 1.13. The number of aryl methyl sites for hydroxylation is 1. The van der Waals surface area contributed by atoms with E-state index in [4.69, 9.17) is 4.74 Å². The van der Waals surface area contributed by atoms with Crippen LogP contribution in [-0.4, -0.2) is 22.8 Å². The lowest BCUT2D eigenvalue weighted by Gasteiger charge is -2.01. The molecule has 0 aliphatic rings. The van der Waals surface area contributed by atoms with Gasteiger partial charge in [-0.3, -0.25) is 4.79 Å². The maximum Gasteiger partial charge on any atom is 0.305 e. The third-order valence-electron chi connectivity index (χ3n) is 3.31. The van der Waals surface area contributed by atoms with E-state index in [-0.39, 0.29) is 5.97 Å². The number of aromatic nitrogens is 2. The molecule has 0 saturated heterocycles. The Hall–Kier alpha value is -1.75. The Balaban J connectivity index is 1.64. The summed E-state index contributed by atoms with van der Waals surface area (Å²) >= 11 is 1.66. The zero-order valence-electron chi connectivity index (χ0n) is 13.0. The molecule has 1 aromatic heterocycles. The van der Waals surface area contributed by atoms with Crippen molar-refractivity contribution in [3.8, 4) is 10.6 Å². The maximum atomic E-state index is 11.2. The molecule has 0 spiro atoms. The van der Waals surface area contributed by atoms with E-state index in [1.807, 2.05) is 25.1 Å². The highest BCUT2D eigenvalue weighted by molar-refractivity contribution is 7.14. The minimum atomic E-state index is -0.0841. The van der Waals surface area contributed by atoms with Crippen molar-refractivity contribution in [3.63, 3.8) is 0 Å². The zero-order valence-corrected chi connectivity index (χ0v) is 13.8. The normalized spacial score (nSPS) is 10.6. The second-order valence-corrected chi connectivity index (χ2v) is 6.15. The van der Waals surface area contributed by atoms with Crippen LogP contribution in [0.15, 0.2) is 30.3 Å². The van der Waals surface area contributed by atoms with Gasteiger partial charge in [-0.05, 0) is 19.8 Å². The molecule has 0 fully saturated rings. The van der Waals surface area contributed by atoms with Crippen LogP contribution in [0.1, 0.15) is 44.0 Å². The number of rotatable bonds is 9. The minimum absolute atomic E-state index is 0.0841.